The fourth-order valence-electron chi connectivity index (χ4n) is 4.22. The summed E-state index contributed by atoms with van der Waals surface area (Å²) in [5, 5.41) is 14.6. The molecule has 1 N–H and O–H groups in total. The molecule has 0 spiro atoms. The smallest absolute Gasteiger partial charge is 0.234 e. The first kappa shape index (κ1) is 21.3. The van der Waals surface area contributed by atoms with Crippen LogP contribution < -0.4 is 5.32 Å². The number of thioether (sulfide) groups is 1. The normalized spacial score (nSPS) is 11.3. The van der Waals surface area contributed by atoms with Gasteiger partial charge in [-0.05, 0) is 43.7 Å². The lowest BCUT2D eigenvalue weighted by Crippen LogP contribution is -2.15. The molecule has 6 nitrogen and oxygen atoms in total. The lowest BCUT2D eigenvalue weighted by Gasteiger charge is -2.09. The number of benzene rings is 3. The van der Waals surface area contributed by atoms with Crippen molar-refractivity contribution < 1.29 is 4.79 Å². The largest absolute Gasteiger partial charge is 0.341 e. The minimum absolute atomic E-state index is 0.0644. The third-order valence-electron chi connectivity index (χ3n) is 5.79. The summed E-state index contributed by atoms with van der Waals surface area (Å²) in [6.45, 7) is 5.66. The second kappa shape index (κ2) is 9.11. The number of anilines is 1. The Bertz CT molecular complexity index is 1440. The van der Waals surface area contributed by atoms with Crippen LogP contribution in [0.25, 0.3) is 21.8 Å². The number of aryl methyl sites for hydroxylation is 2. The monoisotopic (exact) mass is 455 g/mol. The molecule has 0 saturated carbocycles. The summed E-state index contributed by atoms with van der Waals surface area (Å²) in [5.74, 6) is 1.03. The number of hydrogen-bond donors (Lipinski definition) is 1. The van der Waals surface area contributed by atoms with Gasteiger partial charge in [0.25, 0.3) is 0 Å². The number of rotatable bonds is 7. The first-order valence-corrected chi connectivity index (χ1v) is 12.0. The van der Waals surface area contributed by atoms with Gasteiger partial charge >= 0.3 is 0 Å². The summed E-state index contributed by atoms with van der Waals surface area (Å²) >= 11 is 1.40. The number of para-hydroxylation sites is 1. The van der Waals surface area contributed by atoms with Gasteiger partial charge in [-0.1, -0.05) is 60.3 Å². The minimum Gasteiger partial charge on any atom is -0.341 e. The molecular weight excluding hydrogens is 430 g/mol. The molecule has 0 bridgehead atoms. The van der Waals surface area contributed by atoms with Crippen molar-refractivity contribution in [3.05, 3.63) is 84.2 Å². The van der Waals surface area contributed by atoms with Crippen LogP contribution in [0.15, 0.2) is 78.0 Å². The van der Waals surface area contributed by atoms with Crippen LogP contribution in [0.3, 0.4) is 0 Å². The van der Waals surface area contributed by atoms with E-state index in [4.69, 9.17) is 0 Å². The van der Waals surface area contributed by atoms with Crippen LogP contribution in [0.5, 0.6) is 0 Å². The average Bonchev–Trinajstić information content (AvgIpc) is 3.35. The molecule has 0 radical (unpaired) electrons. The zero-order chi connectivity index (χ0) is 22.8. The number of carbonyl (C=O) groups excluding carboxylic acids is 1. The molecule has 2 heterocycles. The van der Waals surface area contributed by atoms with E-state index < -0.39 is 0 Å². The van der Waals surface area contributed by atoms with E-state index >= 15 is 0 Å². The number of fused-ring (bicyclic) bond motifs is 3. The van der Waals surface area contributed by atoms with Gasteiger partial charge in [0.1, 0.15) is 5.82 Å². The molecule has 5 rings (SSSR count). The Morgan fingerprint density at radius 1 is 0.909 bits per heavy atom. The Morgan fingerprint density at radius 2 is 1.67 bits per heavy atom. The fraction of sp³-hybridized carbons (Fsp3) is 0.192. The topological polar surface area (TPSA) is 64.7 Å². The van der Waals surface area contributed by atoms with E-state index in [1.807, 2.05) is 35.8 Å². The molecule has 0 aliphatic heterocycles. The SMILES string of the molecule is CCn1c2ccccc2c2cc(NC(=O)CSc3nnc(C)n3Cc3ccccc3)ccc21. The highest BCUT2D eigenvalue weighted by atomic mass is 32.2. The van der Waals surface area contributed by atoms with E-state index in [9.17, 15) is 4.79 Å². The summed E-state index contributed by atoms with van der Waals surface area (Å²) < 4.78 is 4.34. The highest BCUT2D eigenvalue weighted by Gasteiger charge is 2.14. The zero-order valence-electron chi connectivity index (χ0n) is 18.7. The van der Waals surface area contributed by atoms with Gasteiger partial charge < -0.3 is 14.5 Å². The maximum atomic E-state index is 12.7. The van der Waals surface area contributed by atoms with Crippen LogP contribution in [0.1, 0.15) is 18.3 Å². The minimum atomic E-state index is -0.0644. The number of nitrogens with one attached hydrogen (secondary N) is 1. The molecule has 0 unspecified atom stereocenters. The van der Waals surface area contributed by atoms with Gasteiger partial charge in [-0.3, -0.25) is 4.79 Å². The predicted molar refractivity (Wildman–Crippen MR) is 135 cm³/mol. The van der Waals surface area contributed by atoms with E-state index in [1.165, 1.54) is 33.7 Å². The Kier molecular flexibility index (Phi) is 5.88. The summed E-state index contributed by atoms with van der Waals surface area (Å²) in [6.07, 6.45) is 0. The van der Waals surface area contributed by atoms with Gasteiger partial charge in [0, 0.05) is 34.0 Å². The van der Waals surface area contributed by atoms with Crippen molar-refractivity contribution in [3.8, 4) is 0 Å². The third kappa shape index (κ3) is 4.24. The van der Waals surface area contributed by atoms with Crippen molar-refractivity contribution in [1.29, 1.82) is 0 Å². The lowest BCUT2D eigenvalue weighted by atomic mass is 10.1. The van der Waals surface area contributed by atoms with Crippen molar-refractivity contribution in [2.45, 2.75) is 32.1 Å². The molecule has 33 heavy (non-hydrogen) atoms. The molecule has 7 heteroatoms. The molecular formula is C26H25N5OS. The highest BCUT2D eigenvalue weighted by Crippen LogP contribution is 2.31. The van der Waals surface area contributed by atoms with Crippen LogP contribution in [0.4, 0.5) is 5.69 Å². The van der Waals surface area contributed by atoms with Gasteiger partial charge in [-0.25, -0.2) is 0 Å². The van der Waals surface area contributed by atoms with Crippen LogP contribution in [0, 0.1) is 6.92 Å². The van der Waals surface area contributed by atoms with Crippen LogP contribution >= 0.6 is 11.8 Å². The van der Waals surface area contributed by atoms with Crippen molar-refractivity contribution in [3.63, 3.8) is 0 Å². The molecule has 5 aromatic rings. The Labute approximate surface area is 196 Å². The van der Waals surface area contributed by atoms with E-state index in [1.54, 1.807) is 0 Å². The number of nitrogens with zero attached hydrogens (tertiary/aromatic N) is 4. The van der Waals surface area contributed by atoms with Gasteiger partial charge in [0.05, 0.1) is 12.3 Å². The maximum absolute atomic E-state index is 12.7. The number of hydrogen-bond acceptors (Lipinski definition) is 4. The van der Waals surface area contributed by atoms with Crippen LogP contribution in [-0.2, 0) is 17.9 Å². The van der Waals surface area contributed by atoms with Gasteiger partial charge in [0.2, 0.25) is 5.91 Å². The second-order valence-corrected chi connectivity index (χ2v) is 8.87. The zero-order valence-corrected chi connectivity index (χ0v) is 19.5. The number of carbonyl (C=O) groups is 1. The molecule has 0 aliphatic carbocycles. The maximum Gasteiger partial charge on any atom is 0.234 e. The summed E-state index contributed by atoms with van der Waals surface area (Å²) in [7, 11) is 0. The van der Waals surface area contributed by atoms with E-state index in [-0.39, 0.29) is 11.7 Å². The summed E-state index contributed by atoms with van der Waals surface area (Å²) in [6, 6.07) is 24.7. The van der Waals surface area contributed by atoms with Gasteiger partial charge in [-0.2, -0.15) is 0 Å². The number of aromatic nitrogens is 4. The molecule has 2 aromatic heterocycles. The standard InChI is InChI=1S/C26H25N5OS/c1-3-30-23-12-8-7-11-21(23)22-15-20(13-14-24(22)30)27-25(32)17-33-26-29-28-18(2)31(26)16-19-9-5-4-6-10-19/h4-15H,3,16-17H2,1-2H3,(H,27,32). The highest BCUT2D eigenvalue weighted by molar-refractivity contribution is 7.99. The Hall–Kier alpha value is -3.58. The van der Waals surface area contributed by atoms with E-state index in [0.29, 0.717) is 6.54 Å². The lowest BCUT2D eigenvalue weighted by molar-refractivity contribution is -0.113. The van der Waals surface area contributed by atoms with Gasteiger partial charge in [0.15, 0.2) is 5.16 Å². The van der Waals surface area contributed by atoms with Crippen molar-refractivity contribution in [2.24, 2.45) is 0 Å². The summed E-state index contributed by atoms with van der Waals surface area (Å²) in [5.41, 5.74) is 4.36. The van der Waals surface area contributed by atoms with E-state index in [2.05, 4.69) is 75.5 Å². The molecule has 0 atom stereocenters. The Morgan fingerprint density at radius 3 is 2.48 bits per heavy atom. The fourth-order valence-corrected chi connectivity index (χ4v) is 5.00. The second-order valence-electron chi connectivity index (χ2n) is 7.93. The Balaban J connectivity index is 1.31. The van der Waals surface area contributed by atoms with Gasteiger partial charge in [-0.15, -0.1) is 10.2 Å². The van der Waals surface area contributed by atoms with Crippen molar-refractivity contribution in [2.75, 3.05) is 11.1 Å². The van der Waals surface area contributed by atoms with Crippen molar-refractivity contribution in [1.82, 2.24) is 19.3 Å². The van der Waals surface area contributed by atoms with E-state index in [0.717, 1.165) is 28.6 Å². The third-order valence-corrected chi connectivity index (χ3v) is 6.76. The first-order chi connectivity index (χ1) is 16.1. The molecule has 0 fully saturated rings. The molecule has 3 aromatic carbocycles. The molecule has 166 valence electrons. The summed E-state index contributed by atoms with van der Waals surface area (Å²) in [4.78, 5) is 12.7. The first-order valence-electron chi connectivity index (χ1n) is 11.0. The molecule has 0 saturated heterocycles. The average molecular weight is 456 g/mol. The van der Waals surface area contributed by atoms with Crippen molar-refractivity contribution >= 4 is 45.2 Å². The molecule has 1 amide bonds. The number of amides is 1. The van der Waals surface area contributed by atoms with Crippen LogP contribution in [-0.4, -0.2) is 31.0 Å². The predicted octanol–water partition coefficient (Wildman–Crippen LogP) is 5.49. The molecule has 0 aliphatic rings. The quantitative estimate of drug-likeness (QED) is 0.330. The van der Waals surface area contributed by atoms with Crippen LogP contribution in [0.2, 0.25) is 0 Å².